The third kappa shape index (κ3) is 15.0. The molecule has 0 radical (unpaired) electrons. The number of aliphatic hydroxyl groups is 4. The highest BCUT2D eigenvalue weighted by Gasteiger charge is 2.28. The molecule has 0 heterocycles. The first-order valence-corrected chi connectivity index (χ1v) is 9.32. The van der Waals surface area contributed by atoms with Gasteiger partial charge in [-0.05, 0) is 26.7 Å². The van der Waals surface area contributed by atoms with Crippen LogP contribution in [-0.2, 0) is 19.2 Å². The van der Waals surface area contributed by atoms with E-state index in [4.69, 9.17) is 0 Å². The topological polar surface area (TPSA) is 173 Å². The molecule has 0 aromatic heterocycles. The number of Topliss-reactive ketones (excluding diaryl/α,β-unsaturated/α-hetero) is 2. The molecule has 30 heavy (non-hydrogen) atoms. The van der Waals surface area contributed by atoms with Crippen molar-refractivity contribution in [1.82, 2.24) is 10.6 Å². The van der Waals surface area contributed by atoms with Gasteiger partial charge in [-0.2, -0.15) is 0 Å². The Labute approximate surface area is 179 Å². The lowest BCUT2D eigenvalue weighted by atomic mass is 10.1. The molecule has 0 spiro atoms. The summed E-state index contributed by atoms with van der Waals surface area (Å²) in [6.45, 7) is 1.89. The van der Waals surface area contributed by atoms with E-state index in [9.17, 15) is 39.6 Å². The quantitative estimate of drug-likeness (QED) is 0.186. The number of carbonyl (C=O) groups is 4. The van der Waals surface area contributed by atoms with Crippen LogP contribution in [0.4, 0.5) is 0 Å². The first-order valence-electron chi connectivity index (χ1n) is 9.32. The number of aliphatic hydroxyl groups excluding tert-OH is 4. The van der Waals surface area contributed by atoms with Crippen molar-refractivity contribution in [1.29, 1.82) is 0 Å². The van der Waals surface area contributed by atoms with Crippen molar-refractivity contribution < 1.29 is 39.6 Å². The molecule has 0 bridgehead atoms. The molecule has 0 aromatic carbocycles. The Kier molecular flexibility index (Phi) is 19.6. The molecule has 10 nitrogen and oxygen atoms in total. The maximum absolute atomic E-state index is 11.7. The van der Waals surface area contributed by atoms with Crippen molar-refractivity contribution in [3.63, 3.8) is 0 Å². The van der Waals surface area contributed by atoms with Crippen LogP contribution < -0.4 is 10.6 Å². The molecule has 2 amide bonds. The molecule has 4 atom stereocenters. The fourth-order valence-corrected chi connectivity index (χ4v) is 2.27. The molecule has 0 aliphatic carbocycles. The van der Waals surface area contributed by atoms with Crippen LogP contribution in [0.5, 0.6) is 0 Å². The summed E-state index contributed by atoms with van der Waals surface area (Å²) in [6, 6.07) is 0. The molecule has 0 aliphatic heterocycles. The Morgan fingerprint density at radius 1 is 0.700 bits per heavy atom. The molecule has 10 heteroatoms. The summed E-state index contributed by atoms with van der Waals surface area (Å²) < 4.78 is 0. The lowest BCUT2D eigenvalue weighted by molar-refractivity contribution is -0.144. The average molecular weight is 437 g/mol. The summed E-state index contributed by atoms with van der Waals surface area (Å²) in [5.74, 6) is -2.00. The van der Waals surface area contributed by atoms with E-state index in [0.29, 0.717) is 12.8 Å². The van der Waals surface area contributed by atoms with Gasteiger partial charge in [-0.3, -0.25) is 14.4 Å². The van der Waals surface area contributed by atoms with Crippen LogP contribution in [0, 0.1) is 0 Å². The average Bonchev–Trinajstić information content (AvgIpc) is 2.64. The summed E-state index contributed by atoms with van der Waals surface area (Å²) in [5, 5.41) is 42.9. The molecule has 6 N–H and O–H groups in total. The van der Waals surface area contributed by atoms with Gasteiger partial charge in [0, 0.05) is 25.9 Å². The molecule has 0 unspecified atom stereocenters. The van der Waals surface area contributed by atoms with Crippen molar-refractivity contribution in [3.05, 3.63) is 0 Å². The molecule has 0 saturated heterocycles. The van der Waals surface area contributed by atoms with Gasteiger partial charge in [0.2, 0.25) is 5.91 Å². The number of rotatable bonds is 15. The molecule has 0 aliphatic rings. The summed E-state index contributed by atoms with van der Waals surface area (Å²) in [4.78, 5) is 44.9. The zero-order valence-corrected chi connectivity index (χ0v) is 16.4. The molecule has 0 rings (SSSR count). The minimum atomic E-state index is -1.98. The van der Waals surface area contributed by atoms with Crippen LogP contribution in [0.3, 0.4) is 0 Å². The van der Waals surface area contributed by atoms with E-state index in [2.05, 4.69) is 10.6 Å². The van der Waals surface area contributed by atoms with Gasteiger partial charge in [0.1, 0.15) is 11.9 Å². The zero-order chi connectivity index (χ0) is 21.7. The lowest BCUT2D eigenvalue weighted by Crippen LogP contribution is -2.49. The SMILES string of the molecule is C.C.CC(=O)CCCCCCC(=O)NC[C@H](O)[C@H](O)CNC(=O)[C@H](O)[C@H](O)C(C)=O. The number of ketones is 2. The first-order chi connectivity index (χ1) is 13.1. The van der Waals surface area contributed by atoms with E-state index in [0.717, 1.165) is 26.2 Å². The predicted octanol–water partition coefficient (Wildman–Crippen LogP) is -0.547. The normalized spacial score (nSPS) is 14.2. The van der Waals surface area contributed by atoms with Crippen LogP contribution in [0.15, 0.2) is 0 Å². The predicted molar refractivity (Wildman–Crippen MR) is 113 cm³/mol. The van der Waals surface area contributed by atoms with Crippen LogP contribution in [0.25, 0.3) is 0 Å². The fourth-order valence-electron chi connectivity index (χ4n) is 2.27. The summed E-state index contributed by atoms with van der Waals surface area (Å²) >= 11 is 0. The second-order valence-corrected chi connectivity index (χ2v) is 6.80. The molecule has 0 aromatic rings. The fraction of sp³-hybridized carbons (Fsp3) is 0.800. The van der Waals surface area contributed by atoms with Crippen LogP contribution in [0.2, 0.25) is 0 Å². The van der Waals surface area contributed by atoms with Crippen molar-refractivity contribution in [2.75, 3.05) is 13.1 Å². The van der Waals surface area contributed by atoms with Crippen molar-refractivity contribution in [2.45, 2.75) is 91.6 Å². The van der Waals surface area contributed by atoms with Gasteiger partial charge >= 0.3 is 0 Å². The molecule has 0 saturated carbocycles. The number of hydrogen-bond donors (Lipinski definition) is 6. The van der Waals surface area contributed by atoms with Crippen LogP contribution >= 0.6 is 0 Å². The Bertz CT molecular complexity index is 527. The molecular formula is C20H40N2O8. The van der Waals surface area contributed by atoms with E-state index < -0.39 is 42.7 Å². The maximum atomic E-state index is 11.7. The Balaban J connectivity index is -0.00000364. The van der Waals surface area contributed by atoms with Crippen LogP contribution in [-0.4, -0.2) is 81.3 Å². The third-order valence-electron chi connectivity index (χ3n) is 4.10. The summed E-state index contributed by atoms with van der Waals surface area (Å²) in [5.41, 5.74) is 0. The smallest absolute Gasteiger partial charge is 0.252 e. The van der Waals surface area contributed by atoms with Crippen molar-refractivity contribution >= 4 is 23.4 Å². The van der Waals surface area contributed by atoms with E-state index in [1.54, 1.807) is 0 Å². The minimum Gasteiger partial charge on any atom is -0.389 e. The van der Waals surface area contributed by atoms with Gasteiger partial charge in [0.05, 0.1) is 12.2 Å². The van der Waals surface area contributed by atoms with E-state index in [-0.39, 0.29) is 39.5 Å². The minimum absolute atomic E-state index is 0. The van der Waals surface area contributed by atoms with Gasteiger partial charge in [0.15, 0.2) is 11.9 Å². The lowest BCUT2D eigenvalue weighted by Gasteiger charge is -2.20. The highest BCUT2D eigenvalue weighted by atomic mass is 16.3. The second-order valence-electron chi connectivity index (χ2n) is 6.80. The summed E-state index contributed by atoms with van der Waals surface area (Å²) in [6.07, 6.45) is -2.70. The van der Waals surface area contributed by atoms with Gasteiger partial charge in [-0.15, -0.1) is 0 Å². The number of unbranched alkanes of at least 4 members (excludes halogenated alkanes) is 3. The summed E-state index contributed by atoms with van der Waals surface area (Å²) in [7, 11) is 0. The number of nitrogens with one attached hydrogen (secondary N) is 2. The Hall–Kier alpha value is -1.88. The maximum Gasteiger partial charge on any atom is 0.252 e. The Morgan fingerprint density at radius 2 is 1.17 bits per heavy atom. The van der Waals surface area contributed by atoms with Gasteiger partial charge in [-0.1, -0.05) is 27.7 Å². The number of amides is 2. The molecule has 0 fully saturated rings. The van der Waals surface area contributed by atoms with Crippen LogP contribution in [0.1, 0.15) is 67.2 Å². The largest absolute Gasteiger partial charge is 0.389 e. The highest BCUT2D eigenvalue weighted by molar-refractivity contribution is 5.90. The standard InChI is InChI=1S/C18H32N2O8.2CH4/c1-11(21)7-5-3-4-6-8-15(25)19-9-13(23)14(24)10-20-18(28)17(27)16(26)12(2)22;;/h13-14,16-17,23-24,26-27H,3-10H2,1-2H3,(H,19,25)(H,20,28);2*1H4/t13-,14+,16+,17+;;/m0../s1. The van der Waals surface area contributed by atoms with Crippen molar-refractivity contribution in [2.24, 2.45) is 0 Å². The number of carbonyl (C=O) groups excluding carboxylic acids is 4. The Morgan fingerprint density at radius 3 is 1.63 bits per heavy atom. The highest BCUT2D eigenvalue weighted by Crippen LogP contribution is 2.05. The monoisotopic (exact) mass is 436 g/mol. The first kappa shape index (κ1) is 32.8. The van der Waals surface area contributed by atoms with Gasteiger partial charge in [0.25, 0.3) is 5.91 Å². The number of hydrogen-bond acceptors (Lipinski definition) is 8. The van der Waals surface area contributed by atoms with Crippen molar-refractivity contribution in [3.8, 4) is 0 Å². The molecule has 178 valence electrons. The third-order valence-corrected chi connectivity index (χ3v) is 4.10. The van der Waals surface area contributed by atoms with E-state index in [1.165, 1.54) is 6.92 Å². The van der Waals surface area contributed by atoms with E-state index in [1.807, 2.05) is 0 Å². The molecular weight excluding hydrogens is 396 g/mol. The second kappa shape index (κ2) is 17.9. The van der Waals surface area contributed by atoms with Gasteiger partial charge in [-0.25, -0.2) is 0 Å². The van der Waals surface area contributed by atoms with E-state index >= 15 is 0 Å². The zero-order valence-electron chi connectivity index (χ0n) is 16.4. The van der Waals surface area contributed by atoms with Gasteiger partial charge < -0.3 is 35.9 Å².